The number of anilines is 2. The molecular formula is C30H29N7O4S. The molecular weight excluding hydrogens is 554 g/mol. The Bertz CT molecular complexity index is 1760. The molecule has 0 radical (unpaired) electrons. The minimum atomic E-state index is -0.335. The van der Waals surface area contributed by atoms with Crippen molar-refractivity contribution >= 4 is 56.5 Å². The van der Waals surface area contributed by atoms with E-state index in [1.807, 2.05) is 41.2 Å². The van der Waals surface area contributed by atoms with E-state index in [0.29, 0.717) is 13.0 Å². The molecule has 0 saturated carbocycles. The van der Waals surface area contributed by atoms with Gasteiger partial charge in [0.2, 0.25) is 0 Å². The summed E-state index contributed by atoms with van der Waals surface area (Å²) < 4.78 is 8.41. The van der Waals surface area contributed by atoms with Crippen LogP contribution >= 0.6 is 11.3 Å². The number of benzene rings is 2. The van der Waals surface area contributed by atoms with Gasteiger partial charge in [0.15, 0.2) is 5.82 Å². The first-order chi connectivity index (χ1) is 20.4. The van der Waals surface area contributed by atoms with E-state index in [9.17, 15) is 4.79 Å². The number of nitrogens with one attached hydrogen (secondary N) is 2. The van der Waals surface area contributed by atoms with Crippen LogP contribution in [0.2, 0.25) is 0 Å². The van der Waals surface area contributed by atoms with Crippen LogP contribution in [0.5, 0.6) is 0 Å². The van der Waals surface area contributed by atoms with Gasteiger partial charge in [0.1, 0.15) is 12.4 Å². The third kappa shape index (κ3) is 6.83. The predicted octanol–water partition coefficient (Wildman–Crippen LogP) is 4.31. The molecule has 1 fully saturated rings. The molecule has 12 heteroatoms. The number of amides is 1. The first kappa shape index (κ1) is 28.5. The van der Waals surface area contributed by atoms with Gasteiger partial charge in [-0.1, -0.05) is 42.2 Å². The van der Waals surface area contributed by atoms with Crippen molar-refractivity contribution in [2.75, 3.05) is 26.0 Å². The molecule has 0 bridgehead atoms. The van der Waals surface area contributed by atoms with E-state index in [1.54, 1.807) is 31.8 Å². The minimum Gasteiger partial charge on any atom is -0.483 e. The highest BCUT2D eigenvalue weighted by molar-refractivity contribution is 7.20. The van der Waals surface area contributed by atoms with Crippen LogP contribution in [0.15, 0.2) is 67.1 Å². The SMILES string of the molecule is CN(C)C(=O)OC1CNC(C#Cc2cc3ncnc(Nc4ccc5c(cnn5Cc5ccccc5)c4)c3s2)C1.O=CO. The summed E-state index contributed by atoms with van der Waals surface area (Å²) in [5.74, 6) is 7.27. The van der Waals surface area contributed by atoms with Crippen LogP contribution in [0.3, 0.4) is 0 Å². The van der Waals surface area contributed by atoms with Gasteiger partial charge in [0, 0.05) is 38.1 Å². The van der Waals surface area contributed by atoms with Crippen molar-refractivity contribution in [2.45, 2.75) is 25.1 Å². The molecule has 4 heterocycles. The Labute approximate surface area is 246 Å². The number of fused-ring (bicyclic) bond motifs is 2. The fourth-order valence-corrected chi connectivity index (χ4v) is 5.42. The van der Waals surface area contributed by atoms with Gasteiger partial charge < -0.3 is 20.1 Å². The Morgan fingerprint density at radius 3 is 2.83 bits per heavy atom. The molecule has 0 spiro atoms. The second kappa shape index (κ2) is 13.1. The second-order valence-corrected chi connectivity index (χ2v) is 10.8. The van der Waals surface area contributed by atoms with Gasteiger partial charge >= 0.3 is 6.09 Å². The average molecular weight is 584 g/mol. The smallest absolute Gasteiger partial charge is 0.409 e. The van der Waals surface area contributed by atoms with Crippen LogP contribution in [0.1, 0.15) is 16.9 Å². The zero-order valence-electron chi connectivity index (χ0n) is 23.0. The molecule has 1 aliphatic heterocycles. The zero-order valence-corrected chi connectivity index (χ0v) is 23.8. The van der Waals surface area contributed by atoms with E-state index in [2.05, 4.69) is 61.8 Å². The Kier molecular flexibility index (Phi) is 8.91. The lowest BCUT2D eigenvalue weighted by atomic mass is 10.2. The third-order valence-corrected chi connectivity index (χ3v) is 7.53. The number of carbonyl (C=O) groups is 2. The molecule has 3 aromatic heterocycles. The highest BCUT2D eigenvalue weighted by atomic mass is 32.1. The van der Waals surface area contributed by atoms with E-state index in [0.717, 1.165) is 44.0 Å². The van der Waals surface area contributed by atoms with Gasteiger partial charge in [0.25, 0.3) is 6.47 Å². The number of rotatable bonds is 5. The van der Waals surface area contributed by atoms with Gasteiger partial charge in [-0.25, -0.2) is 14.8 Å². The summed E-state index contributed by atoms with van der Waals surface area (Å²) in [6, 6.07) is 18.5. The fraction of sp³-hybridized carbons (Fsp3) is 0.233. The molecule has 1 aliphatic rings. The van der Waals surface area contributed by atoms with E-state index in [4.69, 9.17) is 14.6 Å². The number of carbonyl (C=O) groups excluding carboxylic acids is 1. The Hall–Kier alpha value is -4.99. The number of aromatic nitrogens is 4. The molecule has 0 aliphatic carbocycles. The standard InChI is InChI=1S/C29H27N7O2S.CH2O2/c1-35(2)29(37)38-23-13-21(30-16-23)8-10-24-14-25-27(39-24)28(32-18-31-25)34-22-9-11-26-20(12-22)15-33-36(26)17-19-6-4-3-5-7-19;2-1-3/h3-7,9,11-12,14-15,18,21,23,30H,13,16-17H2,1-2H3,(H,31,32,34);1H,(H,2,3). The molecule has 3 N–H and O–H groups in total. The van der Waals surface area contributed by atoms with Crippen LogP contribution in [0, 0.1) is 11.8 Å². The van der Waals surface area contributed by atoms with Crippen molar-refractivity contribution in [3.05, 3.63) is 77.6 Å². The normalized spacial score (nSPS) is 15.8. The Balaban J connectivity index is 0.00000113. The number of carboxylic acid groups (broad SMARTS) is 1. The summed E-state index contributed by atoms with van der Waals surface area (Å²) in [6.45, 7) is 1.07. The van der Waals surface area contributed by atoms with Gasteiger partial charge in [-0.05, 0) is 29.8 Å². The molecule has 11 nitrogen and oxygen atoms in total. The van der Waals surface area contributed by atoms with Gasteiger partial charge in [-0.2, -0.15) is 5.10 Å². The van der Waals surface area contributed by atoms with Crippen molar-refractivity contribution in [1.82, 2.24) is 30.0 Å². The van der Waals surface area contributed by atoms with Crippen molar-refractivity contribution < 1.29 is 19.4 Å². The van der Waals surface area contributed by atoms with Crippen molar-refractivity contribution in [3.63, 3.8) is 0 Å². The molecule has 6 rings (SSSR count). The third-order valence-electron chi connectivity index (χ3n) is 6.48. The van der Waals surface area contributed by atoms with Gasteiger partial charge in [-0.15, -0.1) is 11.3 Å². The lowest BCUT2D eigenvalue weighted by Crippen LogP contribution is -2.29. The van der Waals surface area contributed by atoms with Crippen molar-refractivity contribution in [1.29, 1.82) is 0 Å². The number of ether oxygens (including phenoxy) is 1. The number of nitrogens with zero attached hydrogens (tertiary/aromatic N) is 5. The highest BCUT2D eigenvalue weighted by Gasteiger charge is 2.26. The first-order valence-corrected chi connectivity index (χ1v) is 14.0. The molecule has 2 atom stereocenters. The molecule has 5 aromatic rings. The molecule has 2 unspecified atom stereocenters. The summed E-state index contributed by atoms with van der Waals surface area (Å²) in [5, 5.41) is 19.3. The maximum absolute atomic E-state index is 11.8. The lowest BCUT2D eigenvalue weighted by molar-refractivity contribution is -0.122. The van der Waals surface area contributed by atoms with E-state index in [1.165, 1.54) is 10.5 Å². The van der Waals surface area contributed by atoms with Crippen LogP contribution in [0.4, 0.5) is 16.3 Å². The number of hydrogen-bond donors (Lipinski definition) is 3. The monoisotopic (exact) mass is 583 g/mol. The molecule has 214 valence electrons. The van der Waals surface area contributed by atoms with Crippen molar-refractivity contribution in [3.8, 4) is 11.8 Å². The summed E-state index contributed by atoms with van der Waals surface area (Å²) in [4.78, 5) is 31.4. The summed E-state index contributed by atoms with van der Waals surface area (Å²) in [5.41, 5.74) is 4.05. The topological polar surface area (TPSA) is 134 Å². The quantitative estimate of drug-likeness (QED) is 0.204. The summed E-state index contributed by atoms with van der Waals surface area (Å²) >= 11 is 1.55. The Morgan fingerprint density at radius 2 is 2.05 bits per heavy atom. The number of thiophene rings is 1. The van der Waals surface area contributed by atoms with Crippen LogP contribution in [-0.2, 0) is 16.1 Å². The van der Waals surface area contributed by atoms with Crippen LogP contribution < -0.4 is 10.6 Å². The predicted molar refractivity (Wildman–Crippen MR) is 162 cm³/mol. The lowest BCUT2D eigenvalue weighted by Gasteiger charge is -2.15. The molecule has 2 aromatic carbocycles. The summed E-state index contributed by atoms with van der Waals surface area (Å²) in [6.07, 6.45) is 3.60. The number of hydrogen-bond acceptors (Lipinski definition) is 9. The van der Waals surface area contributed by atoms with Crippen LogP contribution in [-0.4, -0.2) is 75.1 Å². The zero-order chi connectivity index (χ0) is 29.5. The summed E-state index contributed by atoms with van der Waals surface area (Å²) in [7, 11) is 3.35. The van der Waals surface area contributed by atoms with Gasteiger partial charge in [0.05, 0.1) is 39.4 Å². The molecule has 1 saturated heterocycles. The Morgan fingerprint density at radius 1 is 1.24 bits per heavy atom. The first-order valence-electron chi connectivity index (χ1n) is 13.1. The molecule has 1 amide bonds. The highest BCUT2D eigenvalue weighted by Crippen LogP contribution is 2.31. The fourth-order valence-electron chi connectivity index (χ4n) is 4.50. The van der Waals surface area contributed by atoms with E-state index < -0.39 is 0 Å². The molecule has 42 heavy (non-hydrogen) atoms. The maximum Gasteiger partial charge on any atom is 0.409 e. The van der Waals surface area contributed by atoms with Crippen molar-refractivity contribution in [2.24, 2.45) is 0 Å². The van der Waals surface area contributed by atoms with Crippen LogP contribution in [0.25, 0.3) is 21.1 Å². The maximum atomic E-state index is 11.8. The van der Waals surface area contributed by atoms with Gasteiger partial charge in [-0.3, -0.25) is 14.8 Å². The minimum absolute atomic E-state index is 0.0339. The van der Waals surface area contributed by atoms with E-state index in [-0.39, 0.29) is 24.7 Å². The van der Waals surface area contributed by atoms with E-state index >= 15 is 0 Å². The average Bonchev–Trinajstić information content (AvgIpc) is 3.72. The largest absolute Gasteiger partial charge is 0.483 e. The second-order valence-electron chi connectivity index (χ2n) is 9.71.